The standard InChI is InChI=1S/C18H18O6/c1-22-15-8-5-11(10-14(15)20)4-7-13(19)12-6-9-16(23-2)17(21)18(12)24-3/h4-10,20-21H,1-3H3/b7-4+. The van der Waals surface area contributed by atoms with Crippen LogP contribution >= 0.6 is 0 Å². The van der Waals surface area contributed by atoms with E-state index in [2.05, 4.69) is 0 Å². The molecule has 0 unspecified atom stereocenters. The topological polar surface area (TPSA) is 85.2 Å². The number of methoxy groups -OCH3 is 3. The lowest BCUT2D eigenvalue weighted by atomic mass is 10.1. The van der Waals surface area contributed by atoms with Gasteiger partial charge in [0.05, 0.1) is 26.9 Å². The van der Waals surface area contributed by atoms with E-state index in [1.807, 2.05) is 0 Å². The van der Waals surface area contributed by atoms with Gasteiger partial charge in [-0.25, -0.2) is 0 Å². The van der Waals surface area contributed by atoms with E-state index in [4.69, 9.17) is 14.2 Å². The number of rotatable bonds is 6. The van der Waals surface area contributed by atoms with Crippen LogP contribution in [0.25, 0.3) is 6.08 Å². The molecule has 0 saturated carbocycles. The molecule has 0 aliphatic heterocycles. The summed E-state index contributed by atoms with van der Waals surface area (Å²) in [5.74, 6) is -0.0116. The maximum Gasteiger partial charge on any atom is 0.201 e. The third-order valence-electron chi connectivity index (χ3n) is 3.41. The number of ketones is 1. The van der Waals surface area contributed by atoms with Gasteiger partial charge in [-0.05, 0) is 35.9 Å². The normalized spacial score (nSPS) is 10.6. The highest BCUT2D eigenvalue weighted by molar-refractivity contribution is 6.09. The van der Waals surface area contributed by atoms with Crippen molar-refractivity contribution in [1.29, 1.82) is 0 Å². The number of allylic oxidation sites excluding steroid dienone is 1. The molecule has 0 aromatic heterocycles. The lowest BCUT2D eigenvalue weighted by Crippen LogP contribution is -2.00. The van der Waals surface area contributed by atoms with Crippen molar-refractivity contribution in [3.8, 4) is 28.7 Å². The first-order chi connectivity index (χ1) is 11.5. The van der Waals surface area contributed by atoms with E-state index in [1.54, 1.807) is 18.2 Å². The number of carbonyl (C=O) groups excluding carboxylic acids is 1. The molecule has 2 aromatic carbocycles. The first kappa shape index (κ1) is 17.2. The zero-order valence-electron chi connectivity index (χ0n) is 13.6. The highest BCUT2D eigenvalue weighted by atomic mass is 16.5. The smallest absolute Gasteiger partial charge is 0.201 e. The molecule has 0 spiro atoms. The van der Waals surface area contributed by atoms with Gasteiger partial charge in [0.15, 0.2) is 28.8 Å². The molecule has 0 saturated heterocycles. The lowest BCUT2D eigenvalue weighted by Gasteiger charge is -2.11. The molecule has 0 atom stereocenters. The number of phenolic OH excluding ortho intramolecular Hbond substituents is 2. The van der Waals surface area contributed by atoms with E-state index < -0.39 is 0 Å². The van der Waals surface area contributed by atoms with Crippen molar-refractivity contribution in [1.82, 2.24) is 0 Å². The van der Waals surface area contributed by atoms with Gasteiger partial charge >= 0.3 is 0 Å². The second kappa shape index (κ2) is 7.41. The van der Waals surface area contributed by atoms with Gasteiger partial charge in [0.25, 0.3) is 0 Å². The molecule has 0 amide bonds. The quantitative estimate of drug-likeness (QED) is 0.625. The number of phenols is 2. The number of benzene rings is 2. The highest BCUT2D eigenvalue weighted by Crippen LogP contribution is 2.39. The first-order valence-electron chi connectivity index (χ1n) is 7.05. The van der Waals surface area contributed by atoms with Crippen LogP contribution in [0.3, 0.4) is 0 Å². The minimum absolute atomic E-state index is 0.0215. The maximum absolute atomic E-state index is 12.4. The van der Waals surface area contributed by atoms with Crippen molar-refractivity contribution in [2.24, 2.45) is 0 Å². The minimum Gasteiger partial charge on any atom is -0.504 e. The van der Waals surface area contributed by atoms with Gasteiger partial charge in [-0.1, -0.05) is 12.1 Å². The molecule has 0 radical (unpaired) electrons. The summed E-state index contributed by atoms with van der Waals surface area (Å²) < 4.78 is 15.1. The predicted molar refractivity (Wildman–Crippen MR) is 89.2 cm³/mol. The fourth-order valence-corrected chi connectivity index (χ4v) is 2.19. The summed E-state index contributed by atoms with van der Waals surface area (Å²) in [7, 11) is 4.22. The Morgan fingerprint density at radius 1 is 0.958 bits per heavy atom. The van der Waals surface area contributed by atoms with Crippen LogP contribution in [-0.4, -0.2) is 37.3 Å². The van der Waals surface area contributed by atoms with Crippen LogP contribution in [0.1, 0.15) is 15.9 Å². The van der Waals surface area contributed by atoms with Crippen molar-refractivity contribution in [2.75, 3.05) is 21.3 Å². The van der Waals surface area contributed by atoms with Gasteiger partial charge in [0.2, 0.25) is 5.75 Å². The third-order valence-corrected chi connectivity index (χ3v) is 3.41. The number of hydrogen-bond donors (Lipinski definition) is 2. The van der Waals surface area contributed by atoms with Gasteiger partial charge in [0.1, 0.15) is 0 Å². The number of carbonyl (C=O) groups is 1. The van der Waals surface area contributed by atoms with E-state index in [0.717, 1.165) is 0 Å². The number of hydrogen-bond acceptors (Lipinski definition) is 6. The molecule has 0 bridgehead atoms. The van der Waals surface area contributed by atoms with E-state index in [0.29, 0.717) is 11.3 Å². The molecule has 0 heterocycles. The van der Waals surface area contributed by atoms with E-state index in [-0.39, 0.29) is 34.3 Å². The lowest BCUT2D eigenvalue weighted by molar-refractivity contribution is 0.104. The number of ether oxygens (including phenoxy) is 3. The van der Waals surface area contributed by atoms with E-state index >= 15 is 0 Å². The molecule has 6 nitrogen and oxygen atoms in total. The van der Waals surface area contributed by atoms with Crippen LogP contribution < -0.4 is 14.2 Å². The van der Waals surface area contributed by atoms with Crippen LogP contribution in [0, 0.1) is 0 Å². The van der Waals surface area contributed by atoms with Crippen molar-refractivity contribution in [3.63, 3.8) is 0 Å². The van der Waals surface area contributed by atoms with Crippen molar-refractivity contribution < 1.29 is 29.2 Å². The Hall–Kier alpha value is -3.15. The fraction of sp³-hybridized carbons (Fsp3) is 0.167. The SMILES string of the molecule is COc1ccc(/C=C/C(=O)c2ccc(OC)c(O)c2OC)cc1O. The summed E-state index contributed by atoms with van der Waals surface area (Å²) in [6.45, 7) is 0. The molecule has 6 heteroatoms. The summed E-state index contributed by atoms with van der Waals surface area (Å²) in [5.41, 5.74) is 0.822. The predicted octanol–water partition coefficient (Wildman–Crippen LogP) is 3.02. The van der Waals surface area contributed by atoms with Gasteiger partial charge in [0, 0.05) is 0 Å². The minimum atomic E-state index is -0.361. The van der Waals surface area contributed by atoms with Crippen LogP contribution in [0.2, 0.25) is 0 Å². The summed E-state index contributed by atoms with van der Waals surface area (Å²) in [4.78, 5) is 12.4. The molecule has 24 heavy (non-hydrogen) atoms. The Balaban J connectivity index is 2.29. The summed E-state index contributed by atoms with van der Waals surface area (Å²) in [6.07, 6.45) is 2.87. The first-order valence-corrected chi connectivity index (χ1v) is 7.05. The zero-order valence-corrected chi connectivity index (χ0v) is 13.6. The van der Waals surface area contributed by atoms with Gasteiger partial charge < -0.3 is 24.4 Å². The Morgan fingerprint density at radius 3 is 2.21 bits per heavy atom. The molecule has 0 aliphatic rings. The van der Waals surface area contributed by atoms with Gasteiger partial charge in [-0.2, -0.15) is 0 Å². The Kier molecular flexibility index (Phi) is 5.31. The summed E-state index contributed by atoms with van der Waals surface area (Å²) in [5, 5.41) is 19.8. The van der Waals surface area contributed by atoms with E-state index in [9.17, 15) is 15.0 Å². The third kappa shape index (κ3) is 3.43. The second-order valence-electron chi connectivity index (χ2n) is 4.83. The van der Waals surface area contributed by atoms with Crippen LogP contribution in [0.15, 0.2) is 36.4 Å². The molecule has 2 aromatic rings. The highest BCUT2D eigenvalue weighted by Gasteiger charge is 2.17. The van der Waals surface area contributed by atoms with Crippen LogP contribution in [-0.2, 0) is 0 Å². The monoisotopic (exact) mass is 330 g/mol. The number of aromatic hydroxyl groups is 2. The second-order valence-corrected chi connectivity index (χ2v) is 4.83. The maximum atomic E-state index is 12.4. The van der Waals surface area contributed by atoms with Crippen molar-refractivity contribution >= 4 is 11.9 Å². The van der Waals surface area contributed by atoms with Gasteiger partial charge in [-0.15, -0.1) is 0 Å². The molecule has 0 fully saturated rings. The Bertz CT molecular complexity index is 779. The van der Waals surface area contributed by atoms with E-state index in [1.165, 1.54) is 45.6 Å². The summed E-state index contributed by atoms with van der Waals surface area (Å²) >= 11 is 0. The zero-order chi connectivity index (χ0) is 17.7. The van der Waals surface area contributed by atoms with Gasteiger partial charge in [-0.3, -0.25) is 4.79 Å². The molecular formula is C18H18O6. The van der Waals surface area contributed by atoms with Crippen molar-refractivity contribution in [3.05, 3.63) is 47.5 Å². The fourth-order valence-electron chi connectivity index (χ4n) is 2.19. The van der Waals surface area contributed by atoms with Crippen LogP contribution in [0.5, 0.6) is 28.7 Å². The average molecular weight is 330 g/mol. The largest absolute Gasteiger partial charge is 0.504 e. The molecule has 0 aliphatic carbocycles. The Morgan fingerprint density at radius 2 is 1.62 bits per heavy atom. The summed E-state index contributed by atoms with van der Waals surface area (Å²) in [6, 6.07) is 7.77. The molecule has 2 rings (SSSR count). The molecule has 126 valence electrons. The average Bonchev–Trinajstić information content (AvgIpc) is 2.59. The molecular weight excluding hydrogens is 312 g/mol. The molecule has 2 N–H and O–H groups in total. The van der Waals surface area contributed by atoms with Crippen LogP contribution in [0.4, 0.5) is 0 Å². The van der Waals surface area contributed by atoms with Crippen molar-refractivity contribution in [2.45, 2.75) is 0 Å². The Labute approximate surface area is 139 Å².